The van der Waals surface area contributed by atoms with E-state index in [2.05, 4.69) is 5.32 Å². The molecule has 132 valence electrons. The molecule has 2 rings (SSSR count). The Balaban J connectivity index is 2.29. The van der Waals surface area contributed by atoms with Gasteiger partial charge in [0.2, 0.25) is 0 Å². The molecule has 2 aromatic rings. The molecule has 0 aliphatic carbocycles. The third-order valence-corrected chi connectivity index (χ3v) is 4.59. The Morgan fingerprint density at radius 3 is 2.64 bits per heavy atom. The van der Waals surface area contributed by atoms with Crippen LogP contribution >= 0.6 is 23.4 Å². The van der Waals surface area contributed by atoms with Crippen molar-refractivity contribution in [3.8, 4) is 5.75 Å². The van der Waals surface area contributed by atoms with Crippen molar-refractivity contribution in [2.75, 3.05) is 13.4 Å². The molecule has 0 saturated carbocycles. The third-order valence-electron chi connectivity index (χ3n) is 3.58. The normalized spacial score (nSPS) is 11.6. The van der Waals surface area contributed by atoms with E-state index in [0.717, 1.165) is 4.90 Å². The Morgan fingerprint density at radius 1 is 1.28 bits per heavy atom. The van der Waals surface area contributed by atoms with E-state index >= 15 is 0 Å². The largest absolute Gasteiger partial charge is 0.550 e. The first-order chi connectivity index (χ1) is 11.9. The van der Waals surface area contributed by atoms with Gasteiger partial charge >= 0.3 is 0 Å². The molecule has 1 amide bonds. The predicted octanol–water partition coefficient (Wildman–Crippen LogP) is 2.68. The fourth-order valence-corrected chi connectivity index (χ4v) is 3.18. The molecule has 0 saturated heterocycles. The van der Waals surface area contributed by atoms with Gasteiger partial charge in [-0.15, -0.1) is 11.8 Å². The summed E-state index contributed by atoms with van der Waals surface area (Å²) in [5.41, 5.74) is 1.04. The van der Waals surface area contributed by atoms with Gasteiger partial charge in [-0.25, -0.2) is 0 Å². The molecule has 0 heterocycles. The van der Waals surface area contributed by atoms with E-state index in [1.165, 1.54) is 11.8 Å². The minimum atomic E-state index is -1.26. The number of carbonyl (C=O) groups is 2. The molecule has 0 aromatic heterocycles. The average Bonchev–Trinajstić information content (AvgIpc) is 2.60. The number of aliphatic carboxylic acids is 1. The lowest BCUT2D eigenvalue weighted by atomic mass is 10.0. The monoisotopic (exact) mass is 378 g/mol. The molecule has 25 heavy (non-hydrogen) atoms. The van der Waals surface area contributed by atoms with Gasteiger partial charge in [0.05, 0.1) is 18.7 Å². The van der Waals surface area contributed by atoms with Gasteiger partial charge in [0.25, 0.3) is 5.91 Å². The lowest BCUT2D eigenvalue weighted by Gasteiger charge is -2.21. The van der Waals surface area contributed by atoms with Crippen molar-refractivity contribution >= 4 is 35.2 Å². The zero-order valence-electron chi connectivity index (χ0n) is 13.7. The first-order valence-electron chi connectivity index (χ1n) is 7.42. The summed E-state index contributed by atoms with van der Waals surface area (Å²) in [4.78, 5) is 24.5. The Hall–Kier alpha value is -2.18. The number of methoxy groups -OCH3 is 1. The Labute approximate surface area is 155 Å². The van der Waals surface area contributed by atoms with Gasteiger partial charge in [-0.3, -0.25) is 4.79 Å². The summed E-state index contributed by atoms with van der Waals surface area (Å²) in [6.07, 6.45) is 1.50. The second-order valence-electron chi connectivity index (χ2n) is 5.22. The molecule has 1 atom stereocenters. The number of ether oxygens (including phenoxy) is 1. The first-order valence-corrected chi connectivity index (χ1v) is 9.03. The van der Waals surface area contributed by atoms with Crippen molar-refractivity contribution in [2.45, 2.75) is 17.4 Å². The number of carboxylic acid groups (broad SMARTS) is 1. The number of thioether (sulfide) groups is 1. The molecule has 7 heteroatoms. The minimum Gasteiger partial charge on any atom is -0.550 e. The van der Waals surface area contributed by atoms with Crippen LogP contribution in [0.5, 0.6) is 5.75 Å². The molecule has 0 aliphatic heterocycles. The Kier molecular flexibility index (Phi) is 6.73. The van der Waals surface area contributed by atoms with Crippen LogP contribution in [0.25, 0.3) is 0 Å². The summed E-state index contributed by atoms with van der Waals surface area (Å²) in [6.45, 7) is 0. The third kappa shape index (κ3) is 5.14. The number of nitrogens with one attached hydrogen (secondary N) is 1. The van der Waals surface area contributed by atoms with Gasteiger partial charge in [-0.1, -0.05) is 23.7 Å². The smallest absolute Gasteiger partial charge is 0.252 e. The highest BCUT2D eigenvalue weighted by Crippen LogP contribution is 2.27. The van der Waals surface area contributed by atoms with Gasteiger partial charge in [-0.2, -0.15) is 0 Å². The molecular weight excluding hydrogens is 362 g/mol. The van der Waals surface area contributed by atoms with E-state index in [0.29, 0.717) is 21.9 Å². The zero-order chi connectivity index (χ0) is 18.4. The molecular formula is C18H17ClNO4S-. The summed E-state index contributed by atoms with van der Waals surface area (Å²) in [5.74, 6) is -0.995. The summed E-state index contributed by atoms with van der Waals surface area (Å²) in [5, 5.41) is 14.3. The highest BCUT2D eigenvalue weighted by Gasteiger charge is 2.19. The van der Waals surface area contributed by atoms with Crippen LogP contribution in [-0.2, 0) is 4.79 Å². The SMILES string of the molecule is COc1ccc(C(=O)N[C@H](CC(=O)[O-])c2cccc(Cl)c2)c(SC)c1. The van der Waals surface area contributed by atoms with Crippen LogP contribution in [0.3, 0.4) is 0 Å². The standard InChI is InChI=1S/C18H18ClNO4S/c1-24-13-6-7-14(16(9-13)25-2)18(23)20-15(10-17(21)22)11-4-3-5-12(19)8-11/h3-9,15H,10H2,1-2H3,(H,20,23)(H,21,22)/p-1/t15-/m1/s1. The molecule has 0 fully saturated rings. The topological polar surface area (TPSA) is 78.5 Å². The molecule has 2 aromatic carbocycles. The van der Waals surface area contributed by atoms with Gasteiger partial charge in [0.15, 0.2) is 0 Å². The number of carbonyl (C=O) groups excluding carboxylic acids is 2. The van der Waals surface area contributed by atoms with Crippen LogP contribution in [0, 0.1) is 0 Å². The lowest BCUT2D eigenvalue weighted by Crippen LogP contribution is -2.34. The van der Waals surface area contributed by atoms with Crippen molar-refractivity contribution in [1.29, 1.82) is 0 Å². The van der Waals surface area contributed by atoms with Gasteiger partial charge < -0.3 is 20.0 Å². The second kappa shape index (κ2) is 8.78. The number of rotatable bonds is 7. The number of halogens is 1. The minimum absolute atomic E-state index is 0.350. The van der Waals surface area contributed by atoms with Crippen LogP contribution in [0.4, 0.5) is 0 Å². The highest BCUT2D eigenvalue weighted by molar-refractivity contribution is 7.98. The fraction of sp³-hybridized carbons (Fsp3) is 0.222. The van der Waals surface area contributed by atoms with Crippen LogP contribution in [0.2, 0.25) is 5.02 Å². The van der Waals surface area contributed by atoms with E-state index in [-0.39, 0.29) is 12.3 Å². The zero-order valence-corrected chi connectivity index (χ0v) is 15.3. The molecule has 5 nitrogen and oxygen atoms in total. The van der Waals surface area contributed by atoms with Crippen LogP contribution in [0.1, 0.15) is 28.4 Å². The van der Waals surface area contributed by atoms with Crippen molar-refractivity contribution in [3.63, 3.8) is 0 Å². The maximum Gasteiger partial charge on any atom is 0.252 e. The lowest BCUT2D eigenvalue weighted by molar-refractivity contribution is -0.306. The summed E-state index contributed by atoms with van der Waals surface area (Å²) >= 11 is 7.37. The van der Waals surface area contributed by atoms with Crippen molar-refractivity contribution in [1.82, 2.24) is 5.32 Å². The maximum atomic E-state index is 12.7. The van der Waals surface area contributed by atoms with E-state index in [4.69, 9.17) is 16.3 Å². The Bertz CT molecular complexity index is 781. The average molecular weight is 379 g/mol. The van der Waals surface area contributed by atoms with Gasteiger partial charge in [-0.05, 0) is 42.2 Å². The van der Waals surface area contributed by atoms with Crippen LogP contribution in [0.15, 0.2) is 47.4 Å². The molecule has 0 radical (unpaired) electrons. The number of hydrogen-bond acceptors (Lipinski definition) is 5. The van der Waals surface area contributed by atoms with Crippen LogP contribution in [-0.4, -0.2) is 25.2 Å². The van der Waals surface area contributed by atoms with E-state index < -0.39 is 12.0 Å². The van der Waals surface area contributed by atoms with E-state index in [9.17, 15) is 14.7 Å². The second-order valence-corrected chi connectivity index (χ2v) is 6.51. The van der Waals surface area contributed by atoms with Crippen molar-refractivity contribution < 1.29 is 19.4 Å². The molecule has 0 unspecified atom stereocenters. The summed E-state index contributed by atoms with van der Waals surface area (Å²) < 4.78 is 5.16. The number of amides is 1. The highest BCUT2D eigenvalue weighted by atomic mass is 35.5. The first kappa shape index (κ1) is 19.1. The summed E-state index contributed by atoms with van der Waals surface area (Å²) in [7, 11) is 1.55. The van der Waals surface area contributed by atoms with E-state index in [1.54, 1.807) is 49.6 Å². The number of carboxylic acids is 1. The van der Waals surface area contributed by atoms with Gasteiger partial charge in [0, 0.05) is 22.3 Å². The van der Waals surface area contributed by atoms with Crippen LogP contribution < -0.4 is 15.2 Å². The predicted molar refractivity (Wildman–Crippen MR) is 96.1 cm³/mol. The fourth-order valence-electron chi connectivity index (χ4n) is 2.36. The van der Waals surface area contributed by atoms with Crippen molar-refractivity contribution in [3.05, 3.63) is 58.6 Å². The molecule has 0 bridgehead atoms. The number of benzene rings is 2. The molecule has 0 spiro atoms. The number of hydrogen-bond donors (Lipinski definition) is 1. The van der Waals surface area contributed by atoms with Crippen molar-refractivity contribution in [2.24, 2.45) is 0 Å². The maximum absolute atomic E-state index is 12.7. The molecule has 1 N–H and O–H groups in total. The molecule has 0 aliphatic rings. The van der Waals surface area contributed by atoms with Gasteiger partial charge in [0.1, 0.15) is 5.75 Å². The van der Waals surface area contributed by atoms with E-state index in [1.807, 2.05) is 6.26 Å². The summed E-state index contributed by atoms with van der Waals surface area (Å²) in [6, 6.07) is 11.1. The quantitative estimate of drug-likeness (QED) is 0.749. The Morgan fingerprint density at radius 2 is 2.04 bits per heavy atom.